The molecule has 0 aromatic rings. The lowest BCUT2D eigenvalue weighted by Gasteiger charge is -2.41. The Hall–Kier alpha value is -0.770. The minimum atomic E-state index is -0.246. The van der Waals surface area contributed by atoms with Crippen molar-refractivity contribution in [3.8, 4) is 0 Å². The standard InChI is InChI=1S/C10H20N2O2/c1-9(2,3)12-8(13)14-7-10(12,4)5-6-11/h5-7,11H2,1-4H3. The number of nitrogens with two attached hydrogens (primary N) is 1. The van der Waals surface area contributed by atoms with Gasteiger partial charge in [-0.2, -0.15) is 0 Å². The number of amides is 1. The van der Waals surface area contributed by atoms with Gasteiger partial charge in [-0.25, -0.2) is 4.79 Å². The normalized spacial score (nSPS) is 28.1. The highest BCUT2D eigenvalue weighted by molar-refractivity contribution is 5.72. The summed E-state index contributed by atoms with van der Waals surface area (Å²) in [7, 11) is 0. The number of hydrogen-bond acceptors (Lipinski definition) is 3. The van der Waals surface area contributed by atoms with E-state index in [0.717, 1.165) is 6.42 Å². The van der Waals surface area contributed by atoms with E-state index in [-0.39, 0.29) is 17.2 Å². The Bertz CT molecular complexity index is 235. The van der Waals surface area contributed by atoms with E-state index in [1.54, 1.807) is 4.90 Å². The van der Waals surface area contributed by atoms with E-state index < -0.39 is 0 Å². The van der Waals surface area contributed by atoms with E-state index in [2.05, 4.69) is 0 Å². The molecule has 1 atom stereocenters. The highest BCUT2D eigenvalue weighted by Gasteiger charge is 2.48. The summed E-state index contributed by atoms with van der Waals surface area (Å²) in [5.74, 6) is 0. The van der Waals surface area contributed by atoms with Gasteiger partial charge >= 0.3 is 6.09 Å². The molecule has 2 N–H and O–H groups in total. The molecular weight excluding hydrogens is 180 g/mol. The maximum Gasteiger partial charge on any atom is 0.410 e. The molecule has 1 fully saturated rings. The second kappa shape index (κ2) is 3.42. The van der Waals surface area contributed by atoms with Gasteiger partial charge in [0.05, 0.1) is 5.54 Å². The summed E-state index contributed by atoms with van der Waals surface area (Å²) in [4.78, 5) is 13.4. The van der Waals surface area contributed by atoms with Gasteiger partial charge in [0.15, 0.2) is 0 Å². The third-order valence-electron chi connectivity index (χ3n) is 2.58. The second-order valence-electron chi connectivity index (χ2n) is 5.10. The molecule has 4 nitrogen and oxygen atoms in total. The topological polar surface area (TPSA) is 55.6 Å². The van der Waals surface area contributed by atoms with Crippen molar-refractivity contribution in [2.24, 2.45) is 5.73 Å². The van der Waals surface area contributed by atoms with Crippen LogP contribution in [0.3, 0.4) is 0 Å². The van der Waals surface area contributed by atoms with Gasteiger partial charge in [-0.1, -0.05) is 0 Å². The van der Waals surface area contributed by atoms with Crippen LogP contribution in [0.15, 0.2) is 0 Å². The van der Waals surface area contributed by atoms with Gasteiger partial charge in [-0.3, -0.25) is 4.90 Å². The van der Waals surface area contributed by atoms with Crippen LogP contribution in [0, 0.1) is 0 Å². The van der Waals surface area contributed by atoms with Crippen molar-refractivity contribution in [2.75, 3.05) is 13.2 Å². The molecule has 4 heteroatoms. The van der Waals surface area contributed by atoms with E-state index in [1.165, 1.54) is 0 Å². The molecule has 1 unspecified atom stereocenters. The molecule has 1 amide bonds. The Balaban J connectivity index is 2.92. The first kappa shape index (κ1) is 11.3. The lowest BCUT2D eigenvalue weighted by molar-refractivity contribution is 0.0847. The minimum absolute atomic E-state index is 0.211. The van der Waals surface area contributed by atoms with E-state index in [4.69, 9.17) is 10.5 Å². The van der Waals surface area contributed by atoms with Crippen molar-refractivity contribution in [3.63, 3.8) is 0 Å². The summed E-state index contributed by atoms with van der Waals surface area (Å²) in [6.07, 6.45) is 0.546. The highest BCUT2D eigenvalue weighted by atomic mass is 16.6. The van der Waals surface area contributed by atoms with Crippen LogP contribution in [0.25, 0.3) is 0 Å². The summed E-state index contributed by atoms with van der Waals surface area (Å²) in [5.41, 5.74) is 5.09. The predicted molar refractivity (Wildman–Crippen MR) is 55.0 cm³/mol. The fourth-order valence-electron chi connectivity index (χ4n) is 2.15. The van der Waals surface area contributed by atoms with Gasteiger partial charge in [-0.15, -0.1) is 0 Å². The van der Waals surface area contributed by atoms with Gasteiger partial charge in [-0.05, 0) is 40.7 Å². The number of ether oxygens (including phenoxy) is 1. The van der Waals surface area contributed by atoms with Crippen LogP contribution in [0.4, 0.5) is 4.79 Å². The first-order chi connectivity index (χ1) is 6.31. The molecule has 1 rings (SSSR count). The van der Waals surface area contributed by atoms with Gasteiger partial charge in [0.2, 0.25) is 0 Å². The fraction of sp³-hybridized carbons (Fsp3) is 0.900. The Labute approximate surface area is 85.4 Å². The van der Waals surface area contributed by atoms with Gasteiger partial charge in [0.25, 0.3) is 0 Å². The molecule has 1 saturated heterocycles. The quantitative estimate of drug-likeness (QED) is 0.732. The molecule has 0 radical (unpaired) electrons. The average Bonchev–Trinajstić information content (AvgIpc) is 2.26. The third-order valence-corrected chi connectivity index (χ3v) is 2.58. The molecule has 0 aromatic carbocycles. The number of carbonyl (C=O) groups excluding carboxylic acids is 1. The number of nitrogens with zero attached hydrogens (tertiary/aromatic N) is 1. The maximum absolute atomic E-state index is 11.6. The Morgan fingerprint density at radius 3 is 2.57 bits per heavy atom. The molecule has 1 aliphatic heterocycles. The smallest absolute Gasteiger partial charge is 0.410 e. The van der Waals surface area contributed by atoms with Crippen LogP contribution in [0.5, 0.6) is 0 Å². The van der Waals surface area contributed by atoms with Crippen LogP contribution in [-0.4, -0.2) is 35.2 Å². The summed E-state index contributed by atoms with van der Waals surface area (Å²) in [5, 5.41) is 0. The summed E-state index contributed by atoms with van der Waals surface area (Å²) >= 11 is 0. The molecule has 0 aromatic heterocycles. The zero-order chi connectivity index (χ0) is 11.0. The highest BCUT2D eigenvalue weighted by Crippen LogP contribution is 2.33. The van der Waals surface area contributed by atoms with E-state index in [0.29, 0.717) is 13.2 Å². The molecule has 0 aliphatic carbocycles. The van der Waals surface area contributed by atoms with Crippen LogP contribution in [0.1, 0.15) is 34.1 Å². The van der Waals surface area contributed by atoms with Crippen molar-refractivity contribution in [2.45, 2.75) is 45.2 Å². The summed E-state index contributed by atoms with van der Waals surface area (Å²) in [6.45, 7) is 9.06. The Morgan fingerprint density at radius 2 is 2.14 bits per heavy atom. The number of carbonyl (C=O) groups is 1. The average molecular weight is 200 g/mol. The summed E-state index contributed by atoms with van der Waals surface area (Å²) in [6, 6.07) is 0. The predicted octanol–water partition coefficient (Wildman–Crippen LogP) is 1.34. The second-order valence-corrected chi connectivity index (χ2v) is 5.10. The van der Waals surface area contributed by atoms with Crippen LogP contribution < -0.4 is 5.73 Å². The van der Waals surface area contributed by atoms with Crippen molar-refractivity contribution in [3.05, 3.63) is 0 Å². The number of rotatable bonds is 2. The van der Waals surface area contributed by atoms with Crippen molar-refractivity contribution < 1.29 is 9.53 Å². The van der Waals surface area contributed by atoms with E-state index >= 15 is 0 Å². The molecule has 1 heterocycles. The zero-order valence-corrected chi connectivity index (χ0v) is 9.46. The maximum atomic E-state index is 11.6. The van der Waals surface area contributed by atoms with Crippen LogP contribution in [-0.2, 0) is 4.74 Å². The number of cyclic esters (lactones) is 1. The molecule has 0 saturated carbocycles. The zero-order valence-electron chi connectivity index (χ0n) is 9.46. The first-order valence-electron chi connectivity index (χ1n) is 4.98. The first-order valence-corrected chi connectivity index (χ1v) is 4.98. The SMILES string of the molecule is CC(C)(C)N1C(=O)OCC1(C)CCN. The lowest BCUT2D eigenvalue weighted by Crippen LogP contribution is -2.55. The van der Waals surface area contributed by atoms with Crippen molar-refractivity contribution in [1.29, 1.82) is 0 Å². The van der Waals surface area contributed by atoms with Crippen LogP contribution in [0.2, 0.25) is 0 Å². The van der Waals surface area contributed by atoms with E-state index in [9.17, 15) is 4.79 Å². The number of hydrogen-bond donors (Lipinski definition) is 1. The Morgan fingerprint density at radius 1 is 1.57 bits per heavy atom. The van der Waals surface area contributed by atoms with Gasteiger partial charge < -0.3 is 10.5 Å². The Kier molecular flexibility index (Phi) is 2.76. The van der Waals surface area contributed by atoms with E-state index in [1.807, 2.05) is 27.7 Å². The minimum Gasteiger partial charge on any atom is -0.447 e. The molecule has 0 bridgehead atoms. The van der Waals surface area contributed by atoms with Gasteiger partial charge in [0, 0.05) is 5.54 Å². The molecule has 0 spiro atoms. The molecule has 1 aliphatic rings. The van der Waals surface area contributed by atoms with Crippen LogP contribution >= 0.6 is 0 Å². The largest absolute Gasteiger partial charge is 0.447 e. The van der Waals surface area contributed by atoms with Crippen molar-refractivity contribution in [1.82, 2.24) is 4.90 Å². The lowest BCUT2D eigenvalue weighted by atomic mass is 9.92. The molecule has 82 valence electrons. The fourth-order valence-corrected chi connectivity index (χ4v) is 2.15. The summed E-state index contributed by atoms with van der Waals surface area (Å²) < 4.78 is 5.09. The van der Waals surface area contributed by atoms with Crippen molar-refractivity contribution >= 4 is 6.09 Å². The molecule has 14 heavy (non-hydrogen) atoms. The third kappa shape index (κ3) is 1.85. The van der Waals surface area contributed by atoms with Gasteiger partial charge in [0.1, 0.15) is 6.61 Å². The molecular formula is C10H20N2O2. The monoisotopic (exact) mass is 200 g/mol.